The molecule has 8 nitrogen and oxygen atoms in total. The predicted molar refractivity (Wildman–Crippen MR) is 161 cm³/mol. The summed E-state index contributed by atoms with van der Waals surface area (Å²) in [6.07, 6.45) is -5.21. The Balaban J connectivity index is 1.35. The van der Waals surface area contributed by atoms with Crippen LogP contribution in [0.25, 0.3) is 22.3 Å². The topological polar surface area (TPSA) is 114 Å². The number of rotatable bonds is 7. The Morgan fingerprint density at radius 2 is 1.55 bits per heavy atom. The Morgan fingerprint density at radius 3 is 2.07 bits per heavy atom. The first kappa shape index (κ1) is 29.4. The van der Waals surface area contributed by atoms with E-state index in [2.05, 4.69) is 15.3 Å². The van der Waals surface area contributed by atoms with Crippen molar-refractivity contribution < 1.29 is 27.8 Å². The smallest absolute Gasteiger partial charge is 0.429 e. The van der Waals surface area contributed by atoms with Crippen molar-refractivity contribution in [2.75, 3.05) is 30.3 Å². The van der Waals surface area contributed by atoms with Gasteiger partial charge in [0.25, 0.3) is 0 Å². The standard InChI is InChI=1S/C33H32F3N5O3/c34-33(35,36)29(28-23(21-8-3-1-4-9-21)12-7-13-24(28)22-10-5-2-6-11-22)44-27-18-26(39-31(37)40-27)41-16-14-32(15-17-41)19-25(30(42)43)38-20-32/h1-13,18,25,29,38H,14-17,19-20H2,(H,42,43)(H2,37,39,40)/t25-,29?/m0/s1. The molecule has 0 saturated carbocycles. The van der Waals surface area contributed by atoms with Crippen LogP contribution in [-0.2, 0) is 4.79 Å². The predicted octanol–water partition coefficient (Wildman–Crippen LogP) is 6.11. The van der Waals surface area contributed by atoms with Crippen molar-refractivity contribution in [1.29, 1.82) is 0 Å². The maximum atomic E-state index is 15.0. The van der Waals surface area contributed by atoms with Crippen molar-refractivity contribution in [3.05, 3.63) is 90.5 Å². The molecule has 11 heteroatoms. The summed E-state index contributed by atoms with van der Waals surface area (Å²) in [6, 6.07) is 23.7. The molecule has 1 unspecified atom stereocenters. The monoisotopic (exact) mass is 603 g/mol. The molecule has 2 aliphatic heterocycles. The van der Waals surface area contributed by atoms with Gasteiger partial charge in [-0.3, -0.25) is 4.79 Å². The third kappa shape index (κ3) is 6.05. The summed E-state index contributed by atoms with van der Waals surface area (Å²) in [7, 11) is 0. The molecule has 228 valence electrons. The van der Waals surface area contributed by atoms with Gasteiger partial charge < -0.3 is 25.8 Å². The molecule has 2 fully saturated rings. The van der Waals surface area contributed by atoms with Crippen molar-refractivity contribution >= 4 is 17.7 Å². The van der Waals surface area contributed by atoms with Crippen LogP contribution in [-0.4, -0.2) is 52.9 Å². The molecule has 1 spiro atoms. The summed E-state index contributed by atoms with van der Waals surface area (Å²) < 4.78 is 50.9. The van der Waals surface area contributed by atoms with Gasteiger partial charge in [-0.15, -0.1) is 0 Å². The SMILES string of the molecule is Nc1nc(OC(c2c(-c3ccccc3)cccc2-c2ccccc2)C(F)(F)F)cc(N2CCC3(CC2)CN[C@H](C(=O)O)C3)n1. The number of ether oxygens (including phenoxy) is 1. The fourth-order valence-corrected chi connectivity index (χ4v) is 6.33. The van der Waals surface area contributed by atoms with Crippen LogP contribution in [0.3, 0.4) is 0 Å². The Hall–Kier alpha value is -4.64. The Kier molecular flexibility index (Phi) is 7.89. The molecular formula is C33H32F3N5O3. The molecule has 0 amide bonds. The lowest BCUT2D eigenvalue weighted by Crippen LogP contribution is -2.41. The zero-order chi connectivity index (χ0) is 30.9. The molecule has 0 aliphatic carbocycles. The van der Waals surface area contributed by atoms with E-state index in [0.29, 0.717) is 67.0 Å². The van der Waals surface area contributed by atoms with Crippen molar-refractivity contribution in [3.8, 4) is 28.1 Å². The number of aliphatic carboxylic acids is 1. The average molecular weight is 604 g/mol. The first-order chi connectivity index (χ1) is 21.1. The van der Waals surface area contributed by atoms with Gasteiger partial charge in [0, 0.05) is 31.3 Å². The van der Waals surface area contributed by atoms with E-state index < -0.39 is 24.3 Å². The third-order valence-electron chi connectivity index (χ3n) is 8.59. The third-order valence-corrected chi connectivity index (χ3v) is 8.59. The molecular weight excluding hydrogens is 571 g/mol. The van der Waals surface area contributed by atoms with Gasteiger partial charge in [0.15, 0.2) is 0 Å². The summed E-state index contributed by atoms with van der Waals surface area (Å²) >= 11 is 0. The highest BCUT2D eigenvalue weighted by Crippen LogP contribution is 2.46. The number of nitrogens with one attached hydrogen (secondary N) is 1. The summed E-state index contributed by atoms with van der Waals surface area (Å²) in [5, 5.41) is 12.5. The summed E-state index contributed by atoms with van der Waals surface area (Å²) in [5.41, 5.74) is 7.86. The number of piperidine rings is 1. The summed E-state index contributed by atoms with van der Waals surface area (Å²) in [5.74, 6) is -0.987. The fraction of sp³-hybridized carbons (Fsp3) is 0.303. The molecule has 2 aliphatic rings. The van der Waals surface area contributed by atoms with Crippen LogP contribution < -0.4 is 20.7 Å². The van der Waals surface area contributed by atoms with Gasteiger partial charge in [0.2, 0.25) is 17.9 Å². The molecule has 4 N–H and O–H groups in total. The molecule has 3 aromatic carbocycles. The van der Waals surface area contributed by atoms with E-state index in [1.54, 1.807) is 66.7 Å². The molecule has 0 radical (unpaired) electrons. The number of nitrogens with two attached hydrogens (primary N) is 1. The first-order valence-electron chi connectivity index (χ1n) is 14.4. The van der Waals surface area contributed by atoms with E-state index in [1.807, 2.05) is 17.0 Å². The average Bonchev–Trinajstić information content (AvgIpc) is 3.44. The van der Waals surface area contributed by atoms with E-state index >= 15 is 13.2 Å². The van der Waals surface area contributed by atoms with Crippen LogP contribution in [0.15, 0.2) is 84.9 Å². The lowest BCUT2D eigenvalue weighted by atomic mass is 9.76. The van der Waals surface area contributed by atoms with Crippen molar-refractivity contribution in [1.82, 2.24) is 15.3 Å². The number of hydrogen-bond acceptors (Lipinski definition) is 7. The molecule has 1 aromatic heterocycles. The van der Waals surface area contributed by atoms with Gasteiger partial charge in [-0.25, -0.2) is 0 Å². The minimum Gasteiger partial charge on any atom is -0.480 e. The number of alkyl halides is 3. The molecule has 3 heterocycles. The summed E-state index contributed by atoms with van der Waals surface area (Å²) in [4.78, 5) is 21.8. The lowest BCUT2D eigenvalue weighted by Gasteiger charge is -2.39. The zero-order valence-corrected chi connectivity index (χ0v) is 23.8. The minimum atomic E-state index is -4.80. The number of nitrogens with zero attached hydrogens (tertiary/aromatic N) is 3. The number of carbonyl (C=O) groups is 1. The Bertz CT molecular complexity index is 1570. The number of benzene rings is 3. The van der Waals surface area contributed by atoms with Gasteiger partial charge >= 0.3 is 12.1 Å². The Labute approximate surface area is 252 Å². The number of halogens is 3. The van der Waals surface area contributed by atoms with Crippen LogP contribution in [0.5, 0.6) is 5.88 Å². The van der Waals surface area contributed by atoms with Gasteiger partial charge in [0.05, 0.1) is 0 Å². The number of aromatic nitrogens is 2. The van der Waals surface area contributed by atoms with E-state index in [1.165, 1.54) is 6.07 Å². The van der Waals surface area contributed by atoms with Crippen LogP contribution in [0.1, 0.15) is 30.9 Å². The highest BCUT2D eigenvalue weighted by molar-refractivity contribution is 5.79. The highest BCUT2D eigenvalue weighted by atomic mass is 19.4. The van der Waals surface area contributed by atoms with Crippen LogP contribution in [0.2, 0.25) is 0 Å². The van der Waals surface area contributed by atoms with Crippen molar-refractivity contribution in [2.45, 2.75) is 37.6 Å². The number of hydrogen-bond donors (Lipinski definition) is 3. The second kappa shape index (κ2) is 11.8. The van der Waals surface area contributed by atoms with Crippen molar-refractivity contribution in [2.24, 2.45) is 5.41 Å². The minimum absolute atomic E-state index is 0.0298. The van der Waals surface area contributed by atoms with Gasteiger partial charge in [-0.05, 0) is 46.9 Å². The van der Waals surface area contributed by atoms with Crippen molar-refractivity contribution in [3.63, 3.8) is 0 Å². The number of anilines is 2. The zero-order valence-electron chi connectivity index (χ0n) is 23.8. The second-order valence-corrected chi connectivity index (χ2v) is 11.4. The molecule has 6 rings (SSSR count). The number of nitrogen functional groups attached to an aromatic ring is 1. The Morgan fingerprint density at radius 1 is 0.955 bits per heavy atom. The van der Waals surface area contributed by atoms with E-state index in [0.717, 1.165) is 0 Å². The quantitative estimate of drug-likeness (QED) is 0.232. The molecule has 4 aromatic rings. The molecule has 44 heavy (non-hydrogen) atoms. The molecule has 2 saturated heterocycles. The van der Waals surface area contributed by atoms with Gasteiger partial charge in [-0.2, -0.15) is 23.1 Å². The van der Waals surface area contributed by atoms with Crippen LogP contribution >= 0.6 is 0 Å². The van der Waals surface area contributed by atoms with Gasteiger partial charge in [0.1, 0.15) is 11.9 Å². The van der Waals surface area contributed by atoms with Crippen LogP contribution in [0, 0.1) is 5.41 Å². The first-order valence-corrected chi connectivity index (χ1v) is 14.4. The normalized spacial score (nSPS) is 18.7. The molecule has 2 atom stereocenters. The van der Waals surface area contributed by atoms with Gasteiger partial charge in [-0.1, -0.05) is 78.9 Å². The number of carboxylic acids is 1. The summed E-state index contributed by atoms with van der Waals surface area (Å²) in [6.45, 7) is 1.69. The van der Waals surface area contributed by atoms with E-state index in [4.69, 9.17) is 10.5 Å². The van der Waals surface area contributed by atoms with Crippen LogP contribution in [0.4, 0.5) is 24.9 Å². The second-order valence-electron chi connectivity index (χ2n) is 11.4. The maximum Gasteiger partial charge on any atom is 0.429 e. The number of carboxylic acid groups (broad SMARTS) is 1. The van der Waals surface area contributed by atoms with E-state index in [-0.39, 0.29) is 22.8 Å². The highest BCUT2D eigenvalue weighted by Gasteiger charge is 2.46. The molecule has 0 bridgehead atoms. The lowest BCUT2D eigenvalue weighted by molar-refractivity contribution is -0.198. The maximum absolute atomic E-state index is 15.0. The fourth-order valence-electron chi connectivity index (χ4n) is 6.33. The van der Waals surface area contributed by atoms with E-state index in [9.17, 15) is 9.90 Å². The largest absolute Gasteiger partial charge is 0.480 e.